The van der Waals surface area contributed by atoms with Crippen LogP contribution < -0.4 is 5.63 Å². The molecule has 5 nitrogen and oxygen atoms in total. The van der Waals surface area contributed by atoms with Crippen LogP contribution in [0.25, 0.3) is 11.0 Å². The van der Waals surface area contributed by atoms with E-state index in [0.29, 0.717) is 23.0 Å². The van der Waals surface area contributed by atoms with Crippen molar-refractivity contribution < 1.29 is 13.9 Å². The highest BCUT2D eigenvalue weighted by molar-refractivity contribution is 5.69. The van der Waals surface area contributed by atoms with Gasteiger partial charge in [-0.2, -0.15) is 5.26 Å². The average molecular weight is 317 g/mol. The van der Waals surface area contributed by atoms with Crippen LogP contribution in [0.2, 0.25) is 0 Å². The van der Waals surface area contributed by atoms with Crippen molar-refractivity contribution in [3.8, 4) is 6.07 Å². The summed E-state index contributed by atoms with van der Waals surface area (Å²) < 4.78 is 9.86. The number of esters is 1. The van der Waals surface area contributed by atoms with Crippen molar-refractivity contribution in [2.45, 2.75) is 59.0 Å². The van der Waals surface area contributed by atoms with Gasteiger partial charge in [-0.25, -0.2) is 4.79 Å². The molecule has 2 aromatic heterocycles. The first kappa shape index (κ1) is 18.7. The number of hydrogen-bond acceptors (Lipinski definition) is 5. The predicted octanol–water partition coefficient (Wildman–Crippen LogP) is 4.01. The van der Waals surface area contributed by atoms with Crippen molar-refractivity contribution in [3.05, 3.63) is 34.2 Å². The minimum absolute atomic E-state index is 0.0437. The van der Waals surface area contributed by atoms with Crippen LogP contribution in [0.3, 0.4) is 0 Å². The molecule has 0 saturated heterocycles. The van der Waals surface area contributed by atoms with Crippen LogP contribution in [0.1, 0.15) is 58.4 Å². The first-order chi connectivity index (χ1) is 11.0. The Morgan fingerprint density at radius 2 is 2.09 bits per heavy atom. The van der Waals surface area contributed by atoms with E-state index in [1.54, 1.807) is 12.1 Å². The normalized spacial score (nSPS) is 11.4. The number of hydrogen-bond donors (Lipinski definition) is 0. The molecule has 0 aliphatic heterocycles. The lowest BCUT2D eigenvalue weighted by Gasteiger charge is -2.09. The number of nitriles is 1. The van der Waals surface area contributed by atoms with Crippen molar-refractivity contribution in [2.75, 3.05) is 0 Å². The number of rotatable bonds is 6. The maximum atomic E-state index is 11.1. The fraction of sp³-hybridized carbons (Fsp3) is 0.500. The maximum absolute atomic E-state index is 11.1. The largest absolute Gasteiger partial charge is 0.463 e. The van der Waals surface area contributed by atoms with Crippen LogP contribution in [0, 0.1) is 11.3 Å². The monoisotopic (exact) mass is 317 g/mol. The topological polar surface area (TPSA) is 80.3 Å². The number of carbonyl (C=O) groups excluding carboxylic acids is 1. The van der Waals surface area contributed by atoms with Gasteiger partial charge in [0.2, 0.25) is 0 Å². The second kappa shape index (κ2) is 9.62. The zero-order valence-electron chi connectivity index (χ0n) is 13.9. The predicted molar refractivity (Wildman–Crippen MR) is 88.4 cm³/mol. The van der Waals surface area contributed by atoms with Gasteiger partial charge in [-0.15, -0.1) is 0 Å². The molecular weight excluding hydrogens is 294 g/mol. The van der Waals surface area contributed by atoms with Crippen molar-refractivity contribution in [1.82, 2.24) is 0 Å². The molecule has 0 aliphatic rings. The van der Waals surface area contributed by atoms with Gasteiger partial charge in [-0.05, 0) is 38.0 Å². The number of fused-ring (bicyclic) bond motifs is 3. The molecule has 3 aromatic rings. The first-order valence-corrected chi connectivity index (χ1v) is 7.97. The van der Waals surface area contributed by atoms with E-state index in [0.717, 1.165) is 25.7 Å². The molecule has 124 valence electrons. The summed E-state index contributed by atoms with van der Waals surface area (Å²) >= 11 is 0. The summed E-state index contributed by atoms with van der Waals surface area (Å²) in [4.78, 5) is 21.9. The van der Waals surface area contributed by atoms with Gasteiger partial charge < -0.3 is 9.15 Å². The molecule has 23 heavy (non-hydrogen) atoms. The summed E-state index contributed by atoms with van der Waals surface area (Å²) in [5, 5.41) is 8.96. The second-order valence-electron chi connectivity index (χ2n) is 5.38. The summed E-state index contributed by atoms with van der Waals surface area (Å²) in [5.74, 6) is -0.0437. The van der Waals surface area contributed by atoms with E-state index in [1.165, 1.54) is 6.07 Å². The summed E-state index contributed by atoms with van der Waals surface area (Å²) in [6.07, 6.45) is 4.80. The molecule has 2 bridgehead atoms. The third-order valence-corrected chi connectivity index (χ3v) is 3.43. The van der Waals surface area contributed by atoms with E-state index in [-0.39, 0.29) is 17.7 Å². The molecule has 0 radical (unpaired) electrons. The highest BCUT2D eigenvalue weighted by Gasteiger charge is 2.06. The van der Waals surface area contributed by atoms with Crippen LogP contribution in [-0.4, -0.2) is 12.1 Å². The number of ether oxygens (including phenoxy) is 1. The van der Waals surface area contributed by atoms with Gasteiger partial charge in [0.1, 0.15) is 11.7 Å². The van der Waals surface area contributed by atoms with Gasteiger partial charge in [0.05, 0.1) is 17.1 Å². The van der Waals surface area contributed by atoms with Crippen LogP contribution in [0.5, 0.6) is 0 Å². The van der Waals surface area contributed by atoms with E-state index in [9.17, 15) is 9.59 Å². The quantitative estimate of drug-likeness (QED) is 0.594. The third kappa shape index (κ3) is 6.11. The fourth-order valence-electron chi connectivity index (χ4n) is 1.88. The van der Waals surface area contributed by atoms with Gasteiger partial charge in [0, 0.05) is 6.42 Å². The van der Waals surface area contributed by atoms with Crippen molar-refractivity contribution in [2.24, 2.45) is 0 Å². The first-order valence-electron chi connectivity index (χ1n) is 7.97. The SMILES string of the molecule is CCCCCC(=O)OC(C)CC.N#Cc1cc2ccc1oc2=O. The van der Waals surface area contributed by atoms with Gasteiger partial charge in [0.25, 0.3) is 0 Å². The van der Waals surface area contributed by atoms with Gasteiger partial charge in [0.15, 0.2) is 0 Å². The molecule has 2 heterocycles. The molecule has 0 fully saturated rings. The Morgan fingerprint density at radius 1 is 1.35 bits per heavy atom. The number of nitrogens with zero attached hydrogens (tertiary/aromatic N) is 1. The Morgan fingerprint density at radius 3 is 2.57 bits per heavy atom. The standard InChI is InChI=1S/C10H20O2.C8H3NO2/c1-4-6-7-8-10(11)12-9(3)5-2;9-4-6-3-5-1-2-7(6)11-8(5)10/h9H,4-8H2,1-3H3;1-3H. The summed E-state index contributed by atoms with van der Waals surface area (Å²) in [7, 11) is 0. The van der Waals surface area contributed by atoms with Gasteiger partial charge in [-0.3, -0.25) is 4.79 Å². The van der Waals surface area contributed by atoms with Crippen molar-refractivity contribution in [3.63, 3.8) is 0 Å². The lowest BCUT2D eigenvalue weighted by molar-refractivity contribution is -0.148. The van der Waals surface area contributed by atoms with Gasteiger partial charge in [-0.1, -0.05) is 26.7 Å². The smallest absolute Gasteiger partial charge is 0.343 e. The summed E-state index contributed by atoms with van der Waals surface area (Å²) in [6, 6.07) is 6.72. The Labute approximate surface area is 136 Å². The second-order valence-corrected chi connectivity index (χ2v) is 5.38. The minimum Gasteiger partial charge on any atom is -0.463 e. The zero-order chi connectivity index (χ0) is 17.2. The molecule has 1 atom stereocenters. The van der Waals surface area contributed by atoms with Gasteiger partial charge >= 0.3 is 11.6 Å². The zero-order valence-corrected chi connectivity index (χ0v) is 13.9. The fourth-order valence-corrected chi connectivity index (χ4v) is 1.88. The molecule has 5 heteroatoms. The Kier molecular flexibility index (Phi) is 7.82. The average Bonchev–Trinajstić information content (AvgIpc) is 2.56. The Bertz CT molecular complexity index is 698. The number of unbranched alkanes of at least 4 members (excludes halogenated alkanes) is 2. The van der Waals surface area contributed by atoms with E-state index in [2.05, 4.69) is 6.92 Å². The van der Waals surface area contributed by atoms with E-state index >= 15 is 0 Å². The number of benzene rings is 1. The summed E-state index contributed by atoms with van der Waals surface area (Å²) in [5.41, 5.74) is 0.399. The molecule has 0 saturated carbocycles. The van der Waals surface area contributed by atoms with Crippen LogP contribution in [0.4, 0.5) is 0 Å². The van der Waals surface area contributed by atoms with E-state index < -0.39 is 0 Å². The molecular formula is C18H23NO4. The Balaban J connectivity index is 0.000000230. The van der Waals surface area contributed by atoms with Crippen molar-refractivity contribution in [1.29, 1.82) is 5.26 Å². The molecule has 1 unspecified atom stereocenters. The summed E-state index contributed by atoms with van der Waals surface area (Å²) in [6.45, 7) is 6.07. The molecule has 1 aromatic carbocycles. The third-order valence-electron chi connectivity index (χ3n) is 3.43. The minimum atomic E-state index is -0.374. The molecule has 0 aliphatic carbocycles. The molecule has 0 spiro atoms. The molecule has 3 rings (SSSR count). The highest BCUT2D eigenvalue weighted by Crippen LogP contribution is 2.12. The van der Waals surface area contributed by atoms with Crippen LogP contribution in [-0.2, 0) is 9.53 Å². The highest BCUT2D eigenvalue weighted by atomic mass is 16.5. The number of carbonyl (C=O) groups is 1. The van der Waals surface area contributed by atoms with Crippen molar-refractivity contribution >= 4 is 16.9 Å². The van der Waals surface area contributed by atoms with Crippen LogP contribution >= 0.6 is 0 Å². The lowest BCUT2D eigenvalue weighted by atomic mass is 10.1. The molecule has 0 amide bonds. The Hall–Kier alpha value is -2.35. The maximum Gasteiger partial charge on any atom is 0.343 e. The van der Waals surface area contributed by atoms with E-state index in [1.807, 2.05) is 19.9 Å². The van der Waals surface area contributed by atoms with E-state index in [4.69, 9.17) is 14.4 Å². The van der Waals surface area contributed by atoms with Crippen LogP contribution in [0.15, 0.2) is 27.4 Å². The lowest BCUT2D eigenvalue weighted by Crippen LogP contribution is -2.13. The molecule has 0 N–H and O–H groups in total.